The minimum absolute atomic E-state index is 0.00265. The molecule has 0 unspecified atom stereocenters. The van der Waals surface area contributed by atoms with Crippen LogP contribution in [0.4, 0.5) is 0 Å². The Balaban J connectivity index is 1.97. The maximum atomic E-state index is 12.6. The van der Waals surface area contributed by atoms with Gasteiger partial charge in [-0.3, -0.25) is 4.79 Å². The summed E-state index contributed by atoms with van der Waals surface area (Å²) in [7, 11) is 1.38. The molecular weight excluding hydrogens is 356 g/mol. The maximum Gasteiger partial charge on any atom is 0.342 e. The third kappa shape index (κ3) is 4.23. The van der Waals surface area contributed by atoms with E-state index in [1.165, 1.54) is 19.2 Å². The number of hydrogen-bond donors (Lipinski definition) is 3. The number of fused-ring (bicyclic) bond motifs is 2. The van der Waals surface area contributed by atoms with E-state index >= 15 is 0 Å². The van der Waals surface area contributed by atoms with Crippen LogP contribution in [0, 0.1) is 0 Å². The van der Waals surface area contributed by atoms with E-state index in [0.29, 0.717) is 19.3 Å². The number of cyclic esters (lactones) is 1. The molecule has 1 aromatic rings. The van der Waals surface area contributed by atoms with E-state index in [1.807, 2.05) is 0 Å². The summed E-state index contributed by atoms with van der Waals surface area (Å²) in [4.78, 5) is 24.7. The lowest BCUT2D eigenvalue weighted by Crippen LogP contribution is -2.25. The second kappa shape index (κ2) is 7.84. The van der Waals surface area contributed by atoms with Gasteiger partial charge in [0.25, 0.3) is 0 Å². The number of epoxide rings is 1. The van der Waals surface area contributed by atoms with Crippen molar-refractivity contribution in [3.8, 4) is 11.5 Å². The first kappa shape index (κ1) is 19.6. The summed E-state index contributed by atoms with van der Waals surface area (Å²) in [5, 5.41) is 31.3. The lowest BCUT2D eigenvalue weighted by Gasteiger charge is -2.22. The van der Waals surface area contributed by atoms with Gasteiger partial charge in [-0.15, -0.1) is 0 Å². The fourth-order valence-corrected chi connectivity index (χ4v) is 3.38. The lowest BCUT2D eigenvalue weighted by atomic mass is 9.94. The summed E-state index contributed by atoms with van der Waals surface area (Å²) in [5.74, 6) is -1.06. The molecule has 1 saturated heterocycles. The van der Waals surface area contributed by atoms with Gasteiger partial charge < -0.3 is 29.5 Å². The highest BCUT2D eigenvalue weighted by atomic mass is 16.6. The van der Waals surface area contributed by atoms with Crippen LogP contribution in [0.25, 0.3) is 0 Å². The summed E-state index contributed by atoms with van der Waals surface area (Å²) < 4.78 is 15.8. The zero-order chi connectivity index (χ0) is 19.7. The van der Waals surface area contributed by atoms with Crippen LogP contribution in [0.2, 0.25) is 0 Å². The highest BCUT2D eigenvalue weighted by Gasteiger charge is 2.46. The number of phenols is 1. The number of rotatable bonds is 1. The van der Waals surface area contributed by atoms with Gasteiger partial charge >= 0.3 is 5.97 Å². The number of carbonyl (C=O) groups excluding carboxylic acids is 2. The average molecular weight is 380 g/mol. The van der Waals surface area contributed by atoms with Crippen LogP contribution in [0.5, 0.6) is 11.5 Å². The van der Waals surface area contributed by atoms with Gasteiger partial charge in [-0.25, -0.2) is 4.79 Å². The monoisotopic (exact) mass is 380 g/mol. The van der Waals surface area contributed by atoms with Crippen LogP contribution >= 0.6 is 0 Å². The summed E-state index contributed by atoms with van der Waals surface area (Å²) in [6.45, 7) is 1.69. The number of aliphatic hydroxyl groups excluding tert-OH is 2. The Labute approximate surface area is 156 Å². The van der Waals surface area contributed by atoms with Crippen LogP contribution in [0.1, 0.15) is 54.6 Å². The second-order valence-corrected chi connectivity index (χ2v) is 7.03. The number of phenolic OH excluding ortho intramolecular Hbond substituents is 1. The molecule has 0 aromatic heterocycles. The topological polar surface area (TPSA) is 126 Å². The van der Waals surface area contributed by atoms with Gasteiger partial charge in [-0.1, -0.05) is 0 Å². The SMILES string of the molecule is COc1cc(O)c2c(c1)[C@H](O)[C@@H](O)C[C@@H]1O[C@H]1C(=O)CCC[C@@H](C)OC2=O. The smallest absolute Gasteiger partial charge is 0.342 e. The molecule has 8 heteroatoms. The first-order valence-electron chi connectivity index (χ1n) is 8.98. The van der Waals surface area contributed by atoms with Crippen molar-refractivity contribution in [2.75, 3.05) is 7.11 Å². The number of hydrogen-bond acceptors (Lipinski definition) is 8. The summed E-state index contributed by atoms with van der Waals surface area (Å²) >= 11 is 0. The molecule has 1 aromatic carbocycles. The standard InChI is InChI=1S/C19H24O8/c1-9-4-3-5-12(20)18-15(27-18)8-14(22)17(23)11-6-10(25-2)7-13(21)16(11)19(24)26-9/h6-7,9,14-15,17-18,21-23H,3-5,8H2,1-2H3/t9-,14+,15+,17+,18+/m1/s1. The van der Waals surface area contributed by atoms with Crippen molar-refractivity contribution < 1.29 is 39.1 Å². The lowest BCUT2D eigenvalue weighted by molar-refractivity contribution is -0.120. The molecule has 0 radical (unpaired) electrons. The number of methoxy groups -OCH3 is 1. The third-order valence-electron chi connectivity index (χ3n) is 4.96. The maximum absolute atomic E-state index is 12.6. The summed E-state index contributed by atoms with van der Waals surface area (Å²) in [6, 6.07) is 2.61. The number of benzene rings is 1. The molecule has 3 rings (SSSR count). The van der Waals surface area contributed by atoms with Gasteiger partial charge in [0.05, 0.1) is 25.4 Å². The zero-order valence-corrected chi connectivity index (χ0v) is 15.3. The summed E-state index contributed by atoms with van der Waals surface area (Å²) in [5.41, 5.74) is -0.215. The number of esters is 1. The fourth-order valence-electron chi connectivity index (χ4n) is 3.38. The normalized spacial score (nSPS) is 31.9. The molecule has 2 aliphatic rings. The Kier molecular flexibility index (Phi) is 5.69. The quantitative estimate of drug-likeness (QED) is 0.491. The molecule has 0 spiro atoms. The molecule has 0 bridgehead atoms. The van der Waals surface area contributed by atoms with E-state index < -0.39 is 42.2 Å². The van der Waals surface area contributed by atoms with Crippen molar-refractivity contribution >= 4 is 11.8 Å². The molecule has 0 amide bonds. The van der Waals surface area contributed by atoms with Crippen molar-refractivity contribution in [2.24, 2.45) is 0 Å². The Morgan fingerprint density at radius 3 is 2.67 bits per heavy atom. The molecule has 8 nitrogen and oxygen atoms in total. The molecule has 2 heterocycles. The van der Waals surface area contributed by atoms with Gasteiger partial charge in [0.1, 0.15) is 29.3 Å². The van der Waals surface area contributed by atoms with E-state index in [-0.39, 0.29) is 29.1 Å². The van der Waals surface area contributed by atoms with Gasteiger partial charge in [-0.05, 0) is 25.8 Å². The Morgan fingerprint density at radius 1 is 1.22 bits per heavy atom. The predicted octanol–water partition coefficient (Wildman–Crippen LogP) is 1.25. The molecule has 2 aliphatic heterocycles. The molecule has 5 atom stereocenters. The minimum atomic E-state index is -1.49. The van der Waals surface area contributed by atoms with Gasteiger partial charge in [0, 0.05) is 24.5 Å². The van der Waals surface area contributed by atoms with E-state index in [2.05, 4.69) is 0 Å². The molecule has 148 valence electrons. The second-order valence-electron chi connectivity index (χ2n) is 7.03. The van der Waals surface area contributed by atoms with Crippen LogP contribution in [-0.2, 0) is 14.3 Å². The van der Waals surface area contributed by atoms with Gasteiger partial charge in [-0.2, -0.15) is 0 Å². The number of aromatic hydroxyl groups is 1. The van der Waals surface area contributed by atoms with E-state index in [0.717, 1.165) is 0 Å². The van der Waals surface area contributed by atoms with Crippen molar-refractivity contribution in [1.29, 1.82) is 0 Å². The van der Waals surface area contributed by atoms with E-state index in [9.17, 15) is 24.9 Å². The average Bonchev–Trinajstić information content (AvgIpc) is 3.38. The zero-order valence-electron chi connectivity index (χ0n) is 15.3. The Morgan fingerprint density at radius 2 is 1.96 bits per heavy atom. The summed E-state index contributed by atoms with van der Waals surface area (Å²) in [6.07, 6.45) is -2.97. The highest BCUT2D eigenvalue weighted by Crippen LogP contribution is 2.37. The molecule has 0 saturated carbocycles. The Hall–Kier alpha value is -2.16. The van der Waals surface area contributed by atoms with Gasteiger partial charge in [0.15, 0.2) is 5.78 Å². The number of carbonyl (C=O) groups is 2. The van der Waals surface area contributed by atoms with Crippen LogP contribution in [0.15, 0.2) is 12.1 Å². The highest BCUT2D eigenvalue weighted by molar-refractivity contribution is 5.94. The van der Waals surface area contributed by atoms with Crippen molar-refractivity contribution in [3.63, 3.8) is 0 Å². The van der Waals surface area contributed by atoms with E-state index in [1.54, 1.807) is 6.92 Å². The number of ketones is 1. The molecule has 27 heavy (non-hydrogen) atoms. The predicted molar refractivity (Wildman–Crippen MR) is 92.6 cm³/mol. The molecular formula is C19H24O8. The first-order chi connectivity index (χ1) is 12.8. The molecule has 3 N–H and O–H groups in total. The van der Waals surface area contributed by atoms with Crippen molar-refractivity contribution in [2.45, 2.75) is 63.1 Å². The van der Waals surface area contributed by atoms with Crippen LogP contribution < -0.4 is 4.74 Å². The van der Waals surface area contributed by atoms with Crippen LogP contribution in [-0.4, -0.2) is 58.6 Å². The van der Waals surface area contributed by atoms with Crippen molar-refractivity contribution in [1.82, 2.24) is 0 Å². The molecule has 0 aliphatic carbocycles. The number of ether oxygens (including phenoxy) is 3. The number of aliphatic hydroxyl groups is 2. The minimum Gasteiger partial charge on any atom is -0.507 e. The van der Waals surface area contributed by atoms with Gasteiger partial charge in [0.2, 0.25) is 0 Å². The van der Waals surface area contributed by atoms with Crippen molar-refractivity contribution in [3.05, 3.63) is 23.3 Å². The number of Topliss-reactive ketones (excluding diaryl/α,β-unsaturated/α-hetero) is 1. The largest absolute Gasteiger partial charge is 0.507 e. The third-order valence-corrected chi connectivity index (χ3v) is 4.96. The first-order valence-corrected chi connectivity index (χ1v) is 8.98. The Bertz CT molecular complexity index is 731. The van der Waals surface area contributed by atoms with E-state index in [4.69, 9.17) is 14.2 Å². The van der Waals surface area contributed by atoms with Crippen LogP contribution in [0.3, 0.4) is 0 Å². The fraction of sp³-hybridized carbons (Fsp3) is 0.579. The molecule has 1 fully saturated rings.